The number of amides is 2. The Morgan fingerprint density at radius 2 is 2.44 bits per heavy atom. The number of hydrogen-bond donors (Lipinski definition) is 2. The maximum Gasteiger partial charge on any atom is 0.323 e. The van der Waals surface area contributed by atoms with Crippen molar-refractivity contribution in [3.05, 3.63) is 12.3 Å². The first-order valence-corrected chi connectivity index (χ1v) is 6.32. The van der Waals surface area contributed by atoms with Gasteiger partial charge in [-0.05, 0) is 20.3 Å². The highest BCUT2D eigenvalue weighted by molar-refractivity contribution is 5.88. The molecule has 0 radical (unpaired) electrons. The van der Waals surface area contributed by atoms with Gasteiger partial charge in [0.05, 0.1) is 6.20 Å². The Kier molecular flexibility index (Phi) is 3.86. The standard InChI is InChI=1S/C12H20N4O2/c1-9(2)16-11(3-5-13-16)14-12(18)15-6-4-10(7-15)8-17/h3,5,9-10,17H,4,6-8H2,1-2H3,(H,14,18). The summed E-state index contributed by atoms with van der Waals surface area (Å²) in [5, 5.41) is 16.1. The molecule has 6 nitrogen and oxygen atoms in total. The summed E-state index contributed by atoms with van der Waals surface area (Å²) in [6, 6.07) is 1.88. The molecule has 0 spiro atoms. The quantitative estimate of drug-likeness (QED) is 0.852. The van der Waals surface area contributed by atoms with Crippen molar-refractivity contribution < 1.29 is 9.90 Å². The van der Waals surface area contributed by atoms with Crippen LogP contribution in [0.4, 0.5) is 10.6 Å². The molecule has 1 atom stereocenters. The fourth-order valence-corrected chi connectivity index (χ4v) is 2.18. The Morgan fingerprint density at radius 3 is 3.06 bits per heavy atom. The third kappa shape index (κ3) is 2.64. The molecule has 1 aliphatic heterocycles. The maximum absolute atomic E-state index is 12.0. The van der Waals surface area contributed by atoms with Crippen molar-refractivity contribution in [2.24, 2.45) is 5.92 Å². The molecule has 0 saturated carbocycles. The van der Waals surface area contributed by atoms with Crippen LogP contribution in [0.2, 0.25) is 0 Å². The van der Waals surface area contributed by atoms with Crippen LogP contribution >= 0.6 is 0 Å². The summed E-state index contributed by atoms with van der Waals surface area (Å²) in [4.78, 5) is 13.8. The van der Waals surface area contributed by atoms with E-state index in [2.05, 4.69) is 10.4 Å². The largest absolute Gasteiger partial charge is 0.396 e. The van der Waals surface area contributed by atoms with Crippen LogP contribution in [-0.2, 0) is 0 Å². The van der Waals surface area contributed by atoms with Crippen LogP contribution in [0, 0.1) is 5.92 Å². The summed E-state index contributed by atoms with van der Waals surface area (Å²) in [6.45, 7) is 5.50. The van der Waals surface area contributed by atoms with Crippen LogP contribution < -0.4 is 5.32 Å². The van der Waals surface area contributed by atoms with Crippen LogP contribution in [0.1, 0.15) is 26.3 Å². The molecule has 100 valence electrons. The van der Waals surface area contributed by atoms with Gasteiger partial charge in [-0.1, -0.05) is 0 Å². The average Bonchev–Trinajstić information content (AvgIpc) is 2.96. The second kappa shape index (κ2) is 5.39. The molecule has 2 heterocycles. The number of carbonyl (C=O) groups is 1. The first kappa shape index (κ1) is 12.9. The minimum absolute atomic E-state index is 0.117. The molecule has 1 saturated heterocycles. The number of urea groups is 1. The molecule has 1 unspecified atom stereocenters. The molecule has 1 aliphatic rings. The van der Waals surface area contributed by atoms with Crippen molar-refractivity contribution >= 4 is 11.8 Å². The number of nitrogens with one attached hydrogen (secondary N) is 1. The van der Waals surface area contributed by atoms with E-state index in [0.717, 1.165) is 6.42 Å². The van der Waals surface area contributed by atoms with Gasteiger partial charge in [-0.3, -0.25) is 5.32 Å². The van der Waals surface area contributed by atoms with E-state index in [1.807, 2.05) is 13.8 Å². The molecule has 2 rings (SSSR count). The van der Waals surface area contributed by atoms with Crippen molar-refractivity contribution in [3.63, 3.8) is 0 Å². The Labute approximate surface area is 107 Å². The minimum Gasteiger partial charge on any atom is -0.396 e. The lowest BCUT2D eigenvalue weighted by Crippen LogP contribution is -2.34. The number of rotatable bonds is 3. The minimum atomic E-state index is -0.117. The number of anilines is 1. The predicted molar refractivity (Wildman–Crippen MR) is 68.4 cm³/mol. The fraction of sp³-hybridized carbons (Fsp3) is 0.667. The van der Waals surface area contributed by atoms with Crippen molar-refractivity contribution in [2.45, 2.75) is 26.3 Å². The highest BCUT2D eigenvalue weighted by Crippen LogP contribution is 2.18. The smallest absolute Gasteiger partial charge is 0.323 e. The van der Waals surface area contributed by atoms with Crippen LogP contribution in [0.3, 0.4) is 0 Å². The van der Waals surface area contributed by atoms with Gasteiger partial charge in [0.1, 0.15) is 5.82 Å². The third-order valence-corrected chi connectivity index (χ3v) is 3.23. The third-order valence-electron chi connectivity index (χ3n) is 3.23. The van der Waals surface area contributed by atoms with E-state index in [1.165, 1.54) is 0 Å². The number of aromatic nitrogens is 2. The molecule has 0 aromatic carbocycles. The lowest BCUT2D eigenvalue weighted by molar-refractivity contribution is 0.208. The molecule has 2 N–H and O–H groups in total. The maximum atomic E-state index is 12.0. The summed E-state index contributed by atoms with van der Waals surface area (Å²) < 4.78 is 1.78. The van der Waals surface area contributed by atoms with Crippen LogP contribution in [0.25, 0.3) is 0 Å². The number of nitrogens with zero attached hydrogens (tertiary/aromatic N) is 3. The second-order valence-electron chi connectivity index (χ2n) is 4.97. The van der Waals surface area contributed by atoms with E-state index in [4.69, 9.17) is 5.11 Å². The van der Waals surface area contributed by atoms with Crippen molar-refractivity contribution in [2.75, 3.05) is 25.0 Å². The van der Waals surface area contributed by atoms with Crippen LogP contribution in [0.5, 0.6) is 0 Å². The Bertz CT molecular complexity index is 416. The van der Waals surface area contributed by atoms with E-state index in [9.17, 15) is 4.79 Å². The second-order valence-corrected chi connectivity index (χ2v) is 4.97. The van der Waals surface area contributed by atoms with Crippen LogP contribution in [-0.4, -0.2) is 45.5 Å². The average molecular weight is 252 g/mol. The van der Waals surface area contributed by atoms with E-state index < -0.39 is 0 Å². The monoisotopic (exact) mass is 252 g/mol. The molecule has 6 heteroatoms. The molecule has 1 aromatic heterocycles. The Morgan fingerprint density at radius 1 is 1.67 bits per heavy atom. The number of aliphatic hydroxyl groups excluding tert-OH is 1. The fourth-order valence-electron chi connectivity index (χ4n) is 2.18. The van der Waals surface area contributed by atoms with Crippen molar-refractivity contribution in [3.8, 4) is 0 Å². The first-order chi connectivity index (χ1) is 8.61. The summed E-state index contributed by atoms with van der Waals surface area (Å²) in [7, 11) is 0. The van der Waals surface area contributed by atoms with Gasteiger partial charge in [0, 0.05) is 37.7 Å². The highest BCUT2D eigenvalue weighted by Gasteiger charge is 2.26. The zero-order valence-corrected chi connectivity index (χ0v) is 10.8. The molecular formula is C12H20N4O2. The predicted octanol–water partition coefficient (Wildman–Crippen LogP) is 1.31. The Hall–Kier alpha value is -1.56. The molecule has 0 bridgehead atoms. The van der Waals surface area contributed by atoms with Gasteiger partial charge in [-0.25, -0.2) is 9.48 Å². The van der Waals surface area contributed by atoms with Crippen molar-refractivity contribution in [1.82, 2.24) is 14.7 Å². The Balaban J connectivity index is 1.97. The van der Waals surface area contributed by atoms with Gasteiger partial charge >= 0.3 is 6.03 Å². The zero-order chi connectivity index (χ0) is 13.1. The van der Waals surface area contributed by atoms with Crippen molar-refractivity contribution in [1.29, 1.82) is 0 Å². The lowest BCUT2D eigenvalue weighted by atomic mass is 10.1. The van der Waals surface area contributed by atoms with Gasteiger partial charge in [0.25, 0.3) is 0 Å². The summed E-state index contributed by atoms with van der Waals surface area (Å²) in [5.74, 6) is 0.924. The molecule has 2 amide bonds. The molecule has 0 aliphatic carbocycles. The van der Waals surface area contributed by atoms with E-state index in [1.54, 1.807) is 21.8 Å². The number of aliphatic hydroxyl groups is 1. The van der Waals surface area contributed by atoms with Crippen LogP contribution in [0.15, 0.2) is 12.3 Å². The number of hydrogen-bond acceptors (Lipinski definition) is 3. The van der Waals surface area contributed by atoms with Gasteiger partial charge in [-0.2, -0.15) is 5.10 Å². The van der Waals surface area contributed by atoms with Gasteiger partial charge in [0.15, 0.2) is 0 Å². The molecular weight excluding hydrogens is 232 g/mol. The van der Waals surface area contributed by atoms with E-state index in [-0.39, 0.29) is 24.6 Å². The lowest BCUT2D eigenvalue weighted by Gasteiger charge is -2.18. The zero-order valence-electron chi connectivity index (χ0n) is 10.8. The summed E-state index contributed by atoms with van der Waals surface area (Å²) >= 11 is 0. The van der Waals surface area contributed by atoms with Gasteiger partial charge in [0.2, 0.25) is 0 Å². The number of likely N-dealkylation sites (tertiary alicyclic amines) is 1. The number of carbonyl (C=O) groups excluding carboxylic acids is 1. The topological polar surface area (TPSA) is 70.4 Å². The first-order valence-electron chi connectivity index (χ1n) is 6.32. The van der Waals surface area contributed by atoms with E-state index >= 15 is 0 Å². The molecule has 1 aromatic rings. The highest BCUT2D eigenvalue weighted by atomic mass is 16.3. The SMILES string of the molecule is CC(C)n1nccc1NC(=O)N1CCC(CO)C1. The van der Waals surface area contributed by atoms with Gasteiger partial charge in [-0.15, -0.1) is 0 Å². The normalized spacial score (nSPS) is 19.6. The summed E-state index contributed by atoms with van der Waals surface area (Å²) in [6.07, 6.45) is 2.55. The molecule has 1 fully saturated rings. The van der Waals surface area contributed by atoms with Gasteiger partial charge < -0.3 is 10.0 Å². The molecule has 18 heavy (non-hydrogen) atoms. The summed E-state index contributed by atoms with van der Waals surface area (Å²) in [5.41, 5.74) is 0. The van der Waals surface area contributed by atoms with E-state index in [0.29, 0.717) is 18.9 Å².